The lowest BCUT2D eigenvalue weighted by atomic mass is 10.0. The van der Waals surface area contributed by atoms with Crippen LogP contribution in [0.3, 0.4) is 0 Å². The van der Waals surface area contributed by atoms with Gasteiger partial charge in [-0.15, -0.1) is 0 Å². The molecule has 0 spiro atoms. The highest BCUT2D eigenvalue weighted by molar-refractivity contribution is 5.90. The molecular weight excluding hydrogens is 316 g/mol. The first-order chi connectivity index (χ1) is 12.3. The van der Waals surface area contributed by atoms with Gasteiger partial charge < -0.3 is 15.2 Å². The number of nitrogens with zero attached hydrogens (tertiary/aromatic N) is 3. The van der Waals surface area contributed by atoms with Gasteiger partial charge in [-0.1, -0.05) is 12.1 Å². The molecule has 1 aliphatic rings. The number of likely N-dealkylation sites (tertiary alicyclic amines) is 1. The number of hydrogen-bond donors (Lipinski definition) is 3. The maximum Gasteiger partial charge on any atom is 0.322 e. The van der Waals surface area contributed by atoms with Crippen molar-refractivity contribution in [3.8, 4) is 11.3 Å². The molecule has 0 aliphatic carbocycles. The van der Waals surface area contributed by atoms with E-state index in [2.05, 4.69) is 25.5 Å². The third-order valence-electron chi connectivity index (χ3n) is 4.55. The van der Waals surface area contributed by atoms with Crippen LogP contribution in [0.2, 0.25) is 0 Å². The molecule has 1 aliphatic heterocycles. The summed E-state index contributed by atoms with van der Waals surface area (Å²) in [5.41, 5.74) is 2.76. The van der Waals surface area contributed by atoms with Crippen molar-refractivity contribution in [3.05, 3.63) is 54.7 Å². The Morgan fingerprint density at radius 2 is 2.04 bits per heavy atom. The average Bonchev–Trinajstić information content (AvgIpc) is 3.36. The number of anilines is 1. The molecule has 1 saturated heterocycles. The van der Waals surface area contributed by atoms with Crippen molar-refractivity contribution < 1.29 is 4.79 Å². The van der Waals surface area contributed by atoms with E-state index in [9.17, 15) is 4.79 Å². The maximum absolute atomic E-state index is 12.7. The number of nitrogens with one attached hydrogen (secondary N) is 3. The van der Waals surface area contributed by atoms with Gasteiger partial charge in [0.2, 0.25) is 0 Å². The Bertz CT molecular complexity index is 810. The highest BCUT2D eigenvalue weighted by Crippen LogP contribution is 2.29. The number of aromatic nitrogens is 4. The van der Waals surface area contributed by atoms with E-state index in [0.717, 1.165) is 48.6 Å². The van der Waals surface area contributed by atoms with E-state index in [0.29, 0.717) is 0 Å². The van der Waals surface area contributed by atoms with Crippen LogP contribution < -0.4 is 5.32 Å². The second kappa shape index (κ2) is 6.80. The number of rotatable bonds is 3. The summed E-state index contributed by atoms with van der Waals surface area (Å²) in [6.45, 7) is 0.740. The van der Waals surface area contributed by atoms with Gasteiger partial charge in [0.05, 0.1) is 11.7 Å². The summed E-state index contributed by atoms with van der Waals surface area (Å²) >= 11 is 0. The van der Waals surface area contributed by atoms with Gasteiger partial charge in [-0.2, -0.15) is 5.10 Å². The number of urea groups is 1. The zero-order valence-electron chi connectivity index (χ0n) is 13.8. The molecule has 0 radical (unpaired) electrons. The van der Waals surface area contributed by atoms with Crippen molar-refractivity contribution in [1.82, 2.24) is 25.1 Å². The quantitative estimate of drug-likeness (QED) is 0.683. The van der Waals surface area contributed by atoms with Gasteiger partial charge in [0.1, 0.15) is 5.82 Å². The summed E-state index contributed by atoms with van der Waals surface area (Å²) in [5, 5.41) is 9.88. The van der Waals surface area contributed by atoms with E-state index >= 15 is 0 Å². The molecule has 1 fully saturated rings. The minimum atomic E-state index is -0.0876. The number of imidazole rings is 1. The second-order valence-corrected chi connectivity index (χ2v) is 6.16. The minimum absolute atomic E-state index is 0.00742. The molecule has 3 heterocycles. The van der Waals surface area contributed by atoms with Crippen LogP contribution in [-0.4, -0.2) is 37.6 Å². The first-order valence-electron chi connectivity index (χ1n) is 8.48. The maximum atomic E-state index is 12.7. The number of amides is 2. The van der Waals surface area contributed by atoms with E-state index < -0.39 is 0 Å². The summed E-state index contributed by atoms with van der Waals surface area (Å²) in [4.78, 5) is 22.1. The molecule has 0 bridgehead atoms. The summed E-state index contributed by atoms with van der Waals surface area (Å²) in [7, 11) is 0. The first kappa shape index (κ1) is 15.4. The zero-order chi connectivity index (χ0) is 17.1. The van der Waals surface area contributed by atoms with Crippen LogP contribution in [0.4, 0.5) is 10.5 Å². The van der Waals surface area contributed by atoms with Gasteiger partial charge in [0, 0.05) is 30.8 Å². The standard InChI is InChI=1S/C18H20N6O/c25-18(24-12-2-1-3-16(24)17-19-10-11-20-17)22-14-6-4-13(5-7-14)15-8-9-21-23-15/h4-11,16H,1-3,12H2,(H,19,20)(H,21,23)(H,22,25)/t16-/m0/s1. The number of hydrogen-bond acceptors (Lipinski definition) is 3. The van der Waals surface area contributed by atoms with Crippen LogP contribution in [0.25, 0.3) is 11.3 Å². The number of piperidine rings is 1. The lowest BCUT2D eigenvalue weighted by molar-refractivity contribution is 0.160. The molecule has 3 N–H and O–H groups in total. The Kier molecular flexibility index (Phi) is 4.20. The average molecular weight is 336 g/mol. The second-order valence-electron chi connectivity index (χ2n) is 6.16. The predicted octanol–water partition coefficient (Wildman–Crippen LogP) is 3.56. The van der Waals surface area contributed by atoms with Crippen LogP contribution in [0.15, 0.2) is 48.9 Å². The fourth-order valence-corrected chi connectivity index (χ4v) is 3.26. The molecule has 0 unspecified atom stereocenters. The van der Waals surface area contributed by atoms with Gasteiger partial charge in [0.25, 0.3) is 0 Å². The topological polar surface area (TPSA) is 89.7 Å². The molecule has 3 aromatic rings. The zero-order valence-corrected chi connectivity index (χ0v) is 13.8. The fraction of sp³-hybridized carbons (Fsp3) is 0.278. The molecule has 0 saturated carbocycles. The van der Waals surface area contributed by atoms with Gasteiger partial charge in [-0.25, -0.2) is 9.78 Å². The van der Waals surface area contributed by atoms with E-state index in [4.69, 9.17) is 0 Å². The predicted molar refractivity (Wildman–Crippen MR) is 94.9 cm³/mol. The molecule has 1 aromatic carbocycles. The van der Waals surface area contributed by atoms with Crippen molar-refractivity contribution in [2.24, 2.45) is 0 Å². The Hall–Kier alpha value is -3.09. The molecule has 2 aromatic heterocycles. The Balaban J connectivity index is 1.47. The van der Waals surface area contributed by atoms with E-state index in [-0.39, 0.29) is 12.1 Å². The Labute approximate surface area is 145 Å². The molecule has 7 nitrogen and oxygen atoms in total. The number of H-pyrrole nitrogens is 2. The molecule has 2 amide bonds. The molecule has 7 heteroatoms. The smallest absolute Gasteiger partial charge is 0.322 e. The van der Waals surface area contributed by atoms with Crippen molar-refractivity contribution >= 4 is 11.7 Å². The van der Waals surface area contributed by atoms with Gasteiger partial charge in [-0.05, 0) is 43.0 Å². The number of aromatic amines is 2. The van der Waals surface area contributed by atoms with E-state index in [1.807, 2.05) is 35.2 Å². The van der Waals surface area contributed by atoms with Crippen LogP contribution in [0, 0.1) is 0 Å². The first-order valence-corrected chi connectivity index (χ1v) is 8.48. The molecular formula is C18H20N6O. The van der Waals surface area contributed by atoms with Crippen molar-refractivity contribution in [1.29, 1.82) is 0 Å². The number of carbonyl (C=O) groups is 1. The molecule has 4 rings (SSSR count). The molecule has 1 atom stereocenters. The van der Waals surface area contributed by atoms with Crippen molar-refractivity contribution in [2.45, 2.75) is 25.3 Å². The summed E-state index contributed by atoms with van der Waals surface area (Å²) < 4.78 is 0. The van der Waals surface area contributed by atoms with Gasteiger partial charge in [-0.3, -0.25) is 5.10 Å². The van der Waals surface area contributed by atoms with Crippen LogP contribution >= 0.6 is 0 Å². The lowest BCUT2D eigenvalue weighted by Crippen LogP contribution is -2.41. The minimum Gasteiger partial charge on any atom is -0.347 e. The third-order valence-corrected chi connectivity index (χ3v) is 4.55. The Morgan fingerprint density at radius 1 is 1.16 bits per heavy atom. The highest BCUT2D eigenvalue weighted by atomic mass is 16.2. The Morgan fingerprint density at radius 3 is 2.76 bits per heavy atom. The lowest BCUT2D eigenvalue weighted by Gasteiger charge is -2.34. The van der Waals surface area contributed by atoms with Crippen LogP contribution in [0.1, 0.15) is 31.1 Å². The van der Waals surface area contributed by atoms with Gasteiger partial charge in [0.15, 0.2) is 0 Å². The van der Waals surface area contributed by atoms with Gasteiger partial charge >= 0.3 is 6.03 Å². The molecule has 128 valence electrons. The van der Waals surface area contributed by atoms with E-state index in [1.54, 1.807) is 18.6 Å². The third kappa shape index (κ3) is 3.26. The van der Waals surface area contributed by atoms with Crippen molar-refractivity contribution in [2.75, 3.05) is 11.9 Å². The van der Waals surface area contributed by atoms with Crippen LogP contribution in [0.5, 0.6) is 0 Å². The normalized spacial score (nSPS) is 17.4. The summed E-state index contributed by atoms with van der Waals surface area (Å²) in [5.74, 6) is 0.851. The fourth-order valence-electron chi connectivity index (χ4n) is 3.26. The number of carbonyl (C=O) groups excluding carboxylic acids is 1. The van der Waals surface area contributed by atoms with Crippen LogP contribution in [-0.2, 0) is 0 Å². The molecule has 25 heavy (non-hydrogen) atoms. The largest absolute Gasteiger partial charge is 0.347 e. The summed E-state index contributed by atoms with van der Waals surface area (Å²) in [6.07, 6.45) is 8.30. The highest BCUT2D eigenvalue weighted by Gasteiger charge is 2.29. The summed E-state index contributed by atoms with van der Waals surface area (Å²) in [6, 6.07) is 9.56. The van der Waals surface area contributed by atoms with Crippen molar-refractivity contribution in [3.63, 3.8) is 0 Å². The monoisotopic (exact) mass is 336 g/mol. The number of benzene rings is 1. The SMILES string of the molecule is O=C(Nc1ccc(-c2ccn[nH]2)cc1)N1CCCC[C@H]1c1ncc[nH]1. The van der Waals surface area contributed by atoms with E-state index in [1.165, 1.54) is 0 Å².